The van der Waals surface area contributed by atoms with Crippen molar-refractivity contribution >= 4 is 17.7 Å². The van der Waals surface area contributed by atoms with Gasteiger partial charge in [-0.1, -0.05) is 13.0 Å². The van der Waals surface area contributed by atoms with Crippen molar-refractivity contribution in [3.63, 3.8) is 0 Å². The van der Waals surface area contributed by atoms with E-state index in [0.29, 0.717) is 19.0 Å². The molecule has 0 radical (unpaired) electrons. The second-order valence-corrected chi connectivity index (χ2v) is 7.43. The Kier molecular flexibility index (Phi) is 10.8. The van der Waals surface area contributed by atoms with Gasteiger partial charge >= 0.3 is 0 Å². The highest BCUT2D eigenvalue weighted by Gasteiger charge is 2.08. The number of ether oxygens (including phenoxy) is 2. The highest BCUT2D eigenvalue weighted by atomic mass is 32.2. The fourth-order valence-electron chi connectivity index (χ4n) is 2.56. The highest BCUT2D eigenvalue weighted by Crippen LogP contribution is 2.25. The fraction of sp³-hybridized carbons (Fsp3) is 0.455. The van der Waals surface area contributed by atoms with Gasteiger partial charge in [-0.05, 0) is 61.6 Å². The summed E-state index contributed by atoms with van der Waals surface area (Å²) in [6.45, 7) is 4.28. The van der Waals surface area contributed by atoms with Crippen LogP contribution in [0, 0.1) is 0 Å². The van der Waals surface area contributed by atoms with Crippen LogP contribution in [0.4, 0.5) is 0 Å². The number of hydrogen-bond acceptors (Lipinski definition) is 5. The minimum atomic E-state index is 0.575. The van der Waals surface area contributed by atoms with Gasteiger partial charge in [-0.3, -0.25) is 4.99 Å². The van der Waals surface area contributed by atoms with Crippen LogP contribution in [-0.2, 0) is 6.54 Å². The quantitative estimate of drug-likeness (QED) is 0.302. The molecule has 0 fully saturated rings. The molecule has 2 N–H and O–H groups in total. The average Bonchev–Trinajstić information content (AvgIpc) is 2.76. The van der Waals surface area contributed by atoms with E-state index < -0.39 is 0 Å². The second kappa shape index (κ2) is 13.7. The smallest absolute Gasteiger partial charge is 0.224 e. The van der Waals surface area contributed by atoms with Gasteiger partial charge in [-0.15, -0.1) is 0 Å². The molecule has 0 spiro atoms. The first kappa shape index (κ1) is 22.9. The number of nitrogens with zero attached hydrogens (tertiary/aromatic N) is 2. The molecule has 2 rings (SSSR count). The molecular weight excluding hydrogens is 384 g/mol. The number of aliphatic imine (C=N–C) groups is 1. The van der Waals surface area contributed by atoms with E-state index in [1.54, 1.807) is 13.2 Å². The normalized spacial score (nSPS) is 11.2. The first-order valence-corrected chi connectivity index (χ1v) is 11.4. The number of pyridine rings is 1. The lowest BCUT2D eigenvalue weighted by atomic mass is 10.2. The monoisotopic (exact) mass is 416 g/mol. The molecule has 1 aromatic heterocycles. The summed E-state index contributed by atoms with van der Waals surface area (Å²) in [5.41, 5.74) is 0.962. The van der Waals surface area contributed by atoms with Crippen LogP contribution in [0.2, 0.25) is 0 Å². The zero-order chi connectivity index (χ0) is 20.7. The number of aromatic nitrogens is 1. The highest BCUT2D eigenvalue weighted by molar-refractivity contribution is 7.98. The maximum absolute atomic E-state index is 5.99. The van der Waals surface area contributed by atoms with Crippen molar-refractivity contribution in [2.75, 3.05) is 32.2 Å². The zero-order valence-electron chi connectivity index (χ0n) is 17.6. The van der Waals surface area contributed by atoms with Gasteiger partial charge in [0, 0.05) is 31.9 Å². The molecule has 0 amide bonds. The van der Waals surface area contributed by atoms with Gasteiger partial charge in [0.25, 0.3) is 0 Å². The topological polar surface area (TPSA) is 67.8 Å². The standard InChI is InChI=1S/C22H32N4O2S/c1-4-15-27-19-9-11-20(12-10-19)28-21-18(8-7-14-24-21)17-26-22(23-2)25-13-5-6-16-29-3/h7-12,14H,4-6,13,15-17H2,1-3H3,(H2,23,25,26). The SMILES string of the molecule is CCCOc1ccc(Oc2ncccc2CNC(=NC)NCCCCSC)cc1. The molecule has 29 heavy (non-hydrogen) atoms. The summed E-state index contributed by atoms with van der Waals surface area (Å²) in [4.78, 5) is 8.67. The second-order valence-electron chi connectivity index (χ2n) is 6.44. The van der Waals surface area contributed by atoms with Crippen LogP contribution in [0.5, 0.6) is 17.4 Å². The summed E-state index contributed by atoms with van der Waals surface area (Å²) in [5, 5.41) is 6.67. The maximum atomic E-state index is 5.99. The van der Waals surface area contributed by atoms with E-state index in [1.807, 2.05) is 48.2 Å². The number of unbranched alkanes of at least 4 members (excludes halogenated alkanes) is 1. The van der Waals surface area contributed by atoms with Crippen LogP contribution in [0.1, 0.15) is 31.7 Å². The Morgan fingerprint density at radius 1 is 1.10 bits per heavy atom. The van der Waals surface area contributed by atoms with Crippen molar-refractivity contribution in [2.24, 2.45) is 4.99 Å². The van der Waals surface area contributed by atoms with Crippen molar-refractivity contribution in [1.82, 2.24) is 15.6 Å². The lowest BCUT2D eigenvalue weighted by Crippen LogP contribution is -2.37. The summed E-state index contributed by atoms with van der Waals surface area (Å²) in [6.07, 6.45) is 7.18. The third-order valence-corrected chi connectivity index (χ3v) is 4.80. The van der Waals surface area contributed by atoms with E-state index in [1.165, 1.54) is 12.2 Å². The van der Waals surface area contributed by atoms with Crippen molar-refractivity contribution in [1.29, 1.82) is 0 Å². The fourth-order valence-corrected chi connectivity index (χ4v) is 3.06. The predicted octanol–water partition coefficient (Wildman–Crippen LogP) is 4.47. The Balaban J connectivity index is 1.89. The van der Waals surface area contributed by atoms with E-state index >= 15 is 0 Å². The molecule has 0 atom stereocenters. The lowest BCUT2D eigenvalue weighted by Gasteiger charge is -2.14. The van der Waals surface area contributed by atoms with Gasteiger partial charge in [-0.2, -0.15) is 11.8 Å². The molecule has 0 bridgehead atoms. The van der Waals surface area contributed by atoms with Gasteiger partial charge < -0.3 is 20.1 Å². The van der Waals surface area contributed by atoms with Gasteiger partial charge in [0.2, 0.25) is 5.88 Å². The van der Waals surface area contributed by atoms with Crippen LogP contribution >= 0.6 is 11.8 Å². The molecular formula is C22H32N4O2S. The number of hydrogen-bond donors (Lipinski definition) is 2. The van der Waals surface area contributed by atoms with E-state index in [9.17, 15) is 0 Å². The summed E-state index contributed by atoms with van der Waals surface area (Å²) >= 11 is 1.88. The molecule has 6 nitrogen and oxygen atoms in total. The summed E-state index contributed by atoms with van der Waals surface area (Å²) in [6, 6.07) is 11.5. The third kappa shape index (κ3) is 8.64. The predicted molar refractivity (Wildman–Crippen MR) is 122 cm³/mol. The third-order valence-electron chi connectivity index (χ3n) is 4.10. The Hall–Kier alpha value is -2.41. The number of rotatable bonds is 12. The average molecular weight is 417 g/mol. The Labute approximate surface area is 178 Å². The molecule has 7 heteroatoms. The van der Waals surface area contributed by atoms with Crippen LogP contribution in [0.15, 0.2) is 47.6 Å². The van der Waals surface area contributed by atoms with E-state index in [4.69, 9.17) is 9.47 Å². The Bertz CT molecular complexity index is 738. The minimum Gasteiger partial charge on any atom is -0.494 e. The van der Waals surface area contributed by atoms with E-state index in [2.05, 4.69) is 33.8 Å². The van der Waals surface area contributed by atoms with Crippen LogP contribution in [-0.4, -0.2) is 43.2 Å². The summed E-state index contributed by atoms with van der Waals surface area (Å²) < 4.78 is 11.6. The van der Waals surface area contributed by atoms with Crippen LogP contribution < -0.4 is 20.1 Å². The molecule has 0 saturated carbocycles. The van der Waals surface area contributed by atoms with Crippen molar-refractivity contribution in [2.45, 2.75) is 32.7 Å². The molecule has 1 heterocycles. The zero-order valence-corrected chi connectivity index (χ0v) is 18.4. The molecule has 1 aromatic carbocycles. The minimum absolute atomic E-state index is 0.575. The molecule has 0 unspecified atom stereocenters. The van der Waals surface area contributed by atoms with Crippen molar-refractivity contribution in [3.8, 4) is 17.4 Å². The molecule has 0 aliphatic rings. The largest absolute Gasteiger partial charge is 0.494 e. The van der Waals surface area contributed by atoms with Crippen molar-refractivity contribution < 1.29 is 9.47 Å². The van der Waals surface area contributed by atoms with Gasteiger partial charge in [0.05, 0.1) is 6.61 Å². The Morgan fingerprint density at radius 2 is 1.90 bits per heavy atom. The lowest BCUT2D eigenvalue weighted by molar-refractivity contribution is 0.317. The Morgan fingerprint density at radius 3 is 2.62 bits per heavy atom. The van der Waals surface area contributed by atoms with Crippen LogP contribution in [0.25, 0.3) is 0 Å². The van der Waals surface area contributed by atoms with E-state index in [-0.39, 0.29) is 0 Å². The van der Waals surface area contributed by atoms with Gasteiger partial charge in [-0.25, -0.2) is 4.98 Å². The molecule has 0 aliphatic carbocycles. The van der Waals surface area contributed by atoms with Gasteiger partial charge in [0.1, 0.15) is 11.5 Å². The van der Waals surface area contributed by atoms with Crippen molar-refractivity contribution in [3.05, 3.63) is 48.2 Å². The molecule has 2 aromatic rings. The maximum Gasteiger partial charge on any atom is 0.224 e. The number of guanidine groups is 1. The molecule has 0 saturated heterocycles. The summed E-state index contributed by atoms with van der Waals surface area (Å²) in [5.74, 6) is 4.12. The number of benzene rings is 1. The van der Waals surface area contributed by atoms with Crippen LogP contribution in [0.3, 0.4) is 0 Å². The molecule has 158 valence electrons. The first-order valence-electron chi connectivity index (χ1n) is 10.0. The number of nitrogens with one attached hydrogen (secondary N) is 2. The first-order chi connectivity index (χ1) is 14.3. The summed E-state index contributed by atoms with van der Waals surface area (Å²) in [7, 11) is 1.78. The van der Waals surface area contributed by atoms with E-state index in [0.717, 1.165) is 42.4 Å². The van der Waals surface area contributed by atoms with Gasteiger partial charge in [0.15, 0.2) is 5.96 Å². The number of thioether (sulfide) groups is 1. The molecule has 0 aliphatic heterocycles.